The Kier molecular flexibility index (Phi) is 5.14. The van der Waals surface area contributed by atoms with E-state index in [1.807, 2.05) is 6.92 Å². The number of carbonyl (C=O) groups is 2. The van der Waals surface area contributed by atoms with Gasteiger partial charge in [-0.1, -0.05) is 0 Å². The molecule has 0 bridgehead atoms. The maximum atomic E-state index is 13.6. The number of nitrogens with zero attached hydrogens (tertiary/aromatic N) is 6. The maximum Gasteiger partial charge on any atom is 0.227 e. The molecule has 172 valence electrons. The van der Waals surface area contributed by atoms with Crippen LogP contribution in [0.2, 0.25) is 0 Å². The Hall–Kier alpha value is -3.70. The first kappa shape index (κ1) is 21.2. The highest BCUT2D eigenvalue weighted by Gasteiger charge is 2.38. The van der Waals surface area contributed by atoms with E-state index in [1.165, 1.54) is 6.39 Å². The van der Waals surface area contributed by atoms with Gasteiger partial charge in [-0.2, -0.15) is 5.10 Å². The highest BCUT2D eigenvalue weighted by atomic mass is 19.2. The Balaban J connectivity index is 1.36. The molecule has 5 rings (SSSR count). The van der Waals surface area contributed by atoms with Crippen molar-refractivity contribution in [2.75, 3.05) is 11.4 Å². The minimum atomic E-state index is -1.57. The molecular formula is C21H19F3N6O3. The Morgan fingerprint density at radius 1 is 1.21 bits per heavy atom. The van der Waals surface area contributed by atoms with Crippen LogP contribution < -0.4 is 4.90 Å². The molecule has 1 fully saturated rings. The average molecular weight is 460 g/mol. The SMILES string of the molecule is C[C@H]1Cn2ncc(N3CC(c4nnco4)CC3=O)c2CN1C(=O)Cc1cc(F)c(F)c(F)c1. The molecule has 2 atom stereocenters. The van der Waals surface area contributed by atoms with Crippen molar-refractivity contribution in [3.05, 3.63) is 59.3 Å². The van der Waals surface area contributed by atoms with E-state index in [0.29, 0.717) is 30.4 Å². The topological polar surface area (TPSA) is 97.4 Å². The van der Waals surface area contributed by atoms with Crippen LogP contribution >= 0.6 is 0 Å². The molecule has 2 aliphatic heterocycles. The van der Waals surface area contributed by atoms with Crippen molar-refractivity contribution in [1.82, 2.24) is 24.9 Å². The maximum absolute atomic E-state index is 13.6. The van der Waals surface area contributed by atoms with E-state index in [0.717, 1.165) is 12.1 Å². The average Bonchev–Trinajstić information content (AvgIpc) is 3.50. The van der Waals surface area contributed by atoms with Gasteiger partial charge in [0.1, 0.15) is 0 Å². The van der Waals surface area contributed by atoms with Gasteiger partial charge in [-0.3, -0.25) is 14.3 Å². The van der Waals surface area contributed by atoms with E-state index in [9.17, 15) is 22.8 Å². The van der Waals surface area contributed by atoms with Crippen molar-refractivity contribution >= 4 is 17.5 Å². The third-order valence-corrected chi connectivity index (χ3v) is 6.08. The first-order valence-electron chi connectivity index (χ1n) is 10.4. The minimum absolute atomic E-state index is 0.0417. The summed E-state index contributed by atoms with van der Waals surface area (Å²) >= 11 is 0. The van der Waals surface area contributed by atoms with Crippen molar-refractivity contribution in [2.24, 2.45) is 0 Å². The number of hydrogen-bond donors (Lipinski definition) is 0. The molecule has 0 N–H and O–H groups in total. The normalized spacial score (nSPS) is 20.4. The zero-order valence-electron chi connectivity index (χ0n) is 17.5. The lowest BCUT2D eigenvalue weighted by Crippen LogP contribution is -2.46. The fourth-order valence-electron chi connectivity index (χ4n) is 4.40. The van der Waals surface area contributed by atoms with Gasteiger partial charge in [0, 0.05) is 19.0 Å². The zero-order chi connectivity index (χ0) is 23.3. The first-order chi connectivity index (χ1) is 15.8. The van der Waals surface area contributed by atoms with Gasteiger partial charge in [-0.25, -0.2) is 13.2 Å². The van der Waals surface area contributed by atoms with Crippen LogP contribution in [0.3, 0.4) is 0 Å². The van der Waals surface area contributed by atoms with Gasteiger partial charge in [0.25, 0.3) is 0 Å². The Morgan fingerprint density at radius 3 is 2.67 bits per heavy atom. The van der Waals surface area contributed by atoms with Crippen molar-refractivity contribution in [3.8, 4) is 0 Å². The van der Waals surface area contributed by atoms with E-state index in [-0.39, 0.29) is 48.7 Å². The molecule has 33 heavy (non-hydrogen) atoms. The molecule has 0 saturated carbocycles. The van der Waals surface area contributed by atoms with Crippen molar-refractivity contribution < 1.29 is 27.2 Å². The quantitative estimate of drug-likeness (QED) is 0.554. The highest BCUT2D eigenvalue weighted by Crippen LogP contribution is 2.34. The summed E-state index contributed by atoms with van der Waals surface area (Å²) in [5.41, 5.74) is 1.31. The Bertz CT molecular complexity index is 1210. The van der Waals surface area contributed by atoms with Gasteiger partial charge in [-0.05, 0) is 24.6 Å². The summed E-state index contributed by atoms with van der Waals surface area (Å²) < 4.78 is 47.3. The smallest absolute Gasteiger partial charge is 0.227 e. The Labute approximate surface area is 185 Å². The van der Waals surface area contributed by atoms with Crippen LogP contribution in [0.1, 0.15) is 36.4 Å². The zero-order valence-corrected chi connectivity index (χ0v) is 17.5. The summed E-state index contributed by atoms with van der Waals surface area (Å²) in [7, 11) is 0. The van der Waals surface area contributed by atoms with Crippen LogP contribution in [0.5, 0.6) is 0 Å². The van der Waals surface area contributed by atoms with Crippen LogP contribution in [0, 0.1) is 17.5 Å². The van der Waals surface area contributed by atoms with Gasteiger partial charge < -0.3 is 14.2 Å². The molecule has 3 aromatic rings. The number of carbonyl (C=O) groups excluding carboxylic acids is 2. The molecule has 2 aliphatic rings. The number of fused-ring (bicyclic) bond motifs is 1. The number of aromatic nitrogens is 4. The predicted octanol–water partition coefficient (Wildman–Crippen LogP) is 2.18. The lowest BCUT2D eigenvalue weighted by atomic mass is 10.1. The molecule has 2 amide bonds. The lowest BCUT2D eigenvalue weighted by molar-refractivity contribution is -0.134. The van der Waals surface area contributed by atoms with Crippen LogP contribution in [0.15, 0.2) is 29.1 Å². The Morgan fingerprint density at radius 2 is 1.97 bits per heavy atom. The molecule has 9 nitrogen and oxygen atoms in total. The molecular weight excluding hydrogens is 441 g/mol. The van der Waals surface area contributed by atoms with E-state index in [4.69, 9.17) is 4.42 Å². The molecule has 1 aromatic carbocycles. The van der Waals surface area contributed by atoms with E-state index in [2.05, 4.69) is 15.3 Å². The summed E-state index contributed by atoms with van der Waals surface area (Å²) in [4.78, 5) is 28.8. The number of anilines is 1. The van der Waals surface area contributed by atoms with Gasteiger partial charge in [0.2, 0.25) is 24.1 Å². The monoisotopic (exact) mass is 460 g/mol. The van der Waals surface area contributed by atoms with Crippen LogP contribution in [-0.4, -0.2) is 49.3 Å². The summed E-state index contributed by atoms with van der Waals surface area (Å²) in [6.45, 7) is 2.73. The van der Waals surface area contributed by atoms with Crippen molar-refractivity contribution in [1.29, 1.82) is 0 Å². The first-order valence-corrected chi connectivity index (χ1v) is 10.4. The van der Waals surface area contributed by atoms with E-state index in [1.54, 1.807) is 20.7 Å². The molecule has 1 unspecified atom stereocenters. The molecule has 4 heterocycles. The summed E-state index contributed by atoms with van der Waals surface area (Å²) in [5, 5.41) is 11.9. The standard InChI is InChI=1S/C21H19F3N6O3/c1-11-7-30-17(9-28(11)18(31)4-12-2-14(22)20(24)15(23)3-12)16(6-26-30)29-8-13(5-19(29)32)21-27-25-10-33-21/h2-3,6,10-11,13H,4-5,7-9H2,1H3/t11-,13?/m0/s1. The second kappa shape index (κ2) is 8.01. The summed E-state index contributed by atoms with van der Waals surface area (Å²) in [6, 6.07) is 1.40. The number of halogens is 3. The number of amides is 2. The van der Waals surface area contributed by atoms with Crippen LogP contribution in [0.25, 0.3) is 0 Å². The number of benzene rings is 1. The van der Waals surface area contributed by atoms with E-state index >= 15 is 0 Å². The predicted molar refractivity (Wildman–Crippen MR) is 106 cm³/mol. The second-order valence-corrected chi connectivity index (χ2v) is 8.26. The summed E-state index contributed by atoms with van der Waals surface area (Å²) in [6.07, 6.45) is 2.74. The molecule has 1 saturated heterocycles. The van der Waals surface area contributed by atoms with Gasteiger partial charge >= 0.3 is 0 Å². The third kappa shape index (κ3) is 3.74. The van der Waals surface area contributed by atoms with E-state index < -0.39 is 17.5 Å². The van der Waals surface area contributed by atoms with Gasteiger partial charge in [0.15, 0.2) is 17.5 Å². The number of rotatable bonds is 4. The molecule has 0 radical (unpaired) electrons. The second-order valence-electron chi connectivity index (χ2n) is 8.26. The molecule has 0 aliphatic carbocycles. The van der Waals surface area contributed by atoms with Crippen LogP contribution in [-0.2, 0) is 29.1 Å². The fraction of sp³-hybridized carbons (Fsp3) is 0.381. The van der Waals surface area contributed by atoms with Crippen LogP contribution in [0.4, 0.5) is 18.9 Å². The largest absolute Gasteiger partial charge is 0.428 e. The third-order valence-electron chi connectivity index (χ3n) is 6.08. The fourth-order valence-corrected chi connectivity index (χ4v) is 4.40. The van der Waals surface area contributed by atoms with Gasteiger partial charge in [0.05, 0.1) is 43.0 Å². The summed E-state index contributed by atoms with van der Waals surface area (Å²) in [5.74, 6) is -4.60. The molecule has 0 spiro atoms. The van der Waals surface area contributed by atoms with Gasteiger partial charge in [-0.15, -0.1) is 10.2 Å². The highest BCUT2D eigenvalue weighted by molar-refractivity contribution is 5.96. The molecule has 12 heteroatoms. The lowest BCUT2D eigenvalue weighted by Gasteiger charge is -2.35. The minimum Gasteiger partial charge on any atom is -0.428 e. The molecule has 2 aromatic heterocycles. The van der Waals surface area contributed by atoms with Crippen molar-refractivity contribution in [2.45, 2.75) is 44.8 Å². The number of hydrogen-bond acceptors (Lipinski definition) is 6. The van der Waals surface area contributed by atoms with Crippen molar-refractivity contribution in [3.63, 3.8) is 0 Å².